The van der Waals surface area contributed by atoms with E-state index >= 15 is 0 Å². The van der Waals surface area contributed by atoms with Gasteiger partial charge in [0.2, 0.25) is 5.91 Å². The summed E-state index contributed by atoms with van der Waals surface area (Å²) in [6, 6.07) is 1.83. The van der Waals surface area contributed by atoms with Crippen LogP contribution in [0.5, 0.6) is 0 Å². The van der Waals surface area contributed by atoms with Crippen LogP contribution in [0.15, 0.2) is 12.1 Å². The van der Waals surface area contributed by atoms with Crippen LogP contribution in [-0.2, 0) is 4.79 Å². The molecule has 1 amide bonds. The smallest absolute Gasteiger partial charge is 0.224 e. The molecule has 1 aliphatic carbocycles. The highest BCUT2D eigenvalue weighted by molar-refractivity contribution is 5.90. The van der Waals surface area contributed by atoms with Gasteiger partial charge < -0.3 is 5.32 Å². The van der Waals surface area contributed by atoms with Gasteiger partial charge in [-0.15, -0.1) is 0 Å². The number of carbonyl (C=O) groups is 1. The molecule has 1 aromatic rings. The van der Waals surface area contributed by atoms with Gasteiger partial charge in [0, 0.05) is 6.42 Å². The average Bonchev–Trinajstić information content (AvgIpc) is 2.41. The first-order valence-electron chi connectivity index (χ1n) is 6.51. The van der Waals surface area contributed by atoms with Crippen LogP contribution >= 0.6 is 0 Å². The fourth-order valence-electron chi connectivity index (χ4n) is 2.48. The number of benzene rings is 1. The molecule has 0 heterocycles. The van der Waals surface area contributed by atoms with Gasteiger partial charge in [-0.2, -0.15) is 0 Å². The summed E-state index contributed by atoms with van der Waals surface area (Å²) in [6.45, 7) is 0. The molecule has 19 heavy (non-hydrogen) atoms. The second-order valence-corrected chi connectivity index (χ2v) is 4.98. The van der Waals surface area contributed by atoms with Crippen LogP contribution in [0.3, 0.4) is 0 Å². The van der Waals surface area contributed by atoms with Crippen molar-refractivity contribution in [2.75, 3.05) is 5.32 Å². The second-order valence-electron chi connectivity index (χ2n) is 4.98. The number of nitrogens with one attached hydrogen (secondary N) is 1. The number of hydrogen-bond acceptors (Lipinski definition) is 1. The van der Waals surface area contributed by atoms with Crippen LogP contribution in [0.4, 0.5) is 18.9 Å². The number of halogens is 3. The van der Waals surface area contributed by atoms with Gasteiger partial charge in [-0.25, -0.2) is 13.2 Å². The predicted molar refractivity (Wildman–Crippen MR) is 66.1 cm³/mol. The molecule has 0 saturated heterocycles. The molecule has 1 aromatic carbocycles. The van der Waals surface area contributed by atoms with Crippen LogP contribution in [0.25, 0.3) is 0 Å². The van der Waals surface area contributed by atoms with Crippen LogP contribution in [-0.4, -0.2) is 5.91 Å². The van der Waals surface area contributed by atoms with Gasteiger partial charge in [0.25, 0.3) is 0 Å². The first kappa shape index (κ1) is 13.9. The molecule has 5 heteroatoms. The van der Waals surface area contributed by atoms with Gasteiger partial charge in [-0.3, -0.25) is 4.79 Å². The van der Waals surface area contributed by atoms with Gasteiger partial charge in [0.15, 0.2) is 17.5 Å². The van der Waals surface area contributed by atoms with Crippen molar-refractivity contribution < 1.29 is 18.0 Å². The summed E-state index contributed by atoms with van der Waals surface area (Å²) >= 11 is 0. The molecule has 1 aliphatic rings. The Labute approximate surface area is 110 Å². The molecule has 0 atom stereocenters. The molecule has 1 fully saturated rings. The van der Waals surface area contributed by atoms with Crippen molar-refractivity contribution in [1.82, 2.24) is 0 Å². The highest BCUT2D eigenvalue weighted by atomic mass is 19.2. The minimum absolute atomic E-state index is 0.304. The van der Waals surface area contributed by atoms with E-state index in [1.54, 1.807) is 0 Å². The van der Waals surface area contributed by atoms with E-state index in [0.29, 0.717) is 12.3 Å². The highest BCUT2D eigenvalue weighted by Crippen LogP contribution is 2.27. The molecule has 1 N–H and O–H groups in total. The van der Waals surface area contributed by atoms with Crippen LogP contribution in [0.1, 0.15) is 38.5 Å². The van der Waals surface area contributed by atoms with Crippen molar-refractivity contribution in [2.24, 2.45) is 5.92 Å². The maximum atomic E-state index is 13.4. The fraction of sp³-hybridized carbons (Fsp3) is 0.500. The predicted octanol–water partition coefficient (Wildman–Crippen LogP) is 4.01. The Balaban J connectivity index is 1.97. The Kier molecular flexibility index (Phi) is 4.45. The first-order chi connectivity index (χ1) is 9.08. The molecular weight excluding hydrogens is 255 g/mol. The van der Waals surface area contributed by atoms with E-state index in [1.807, 2.05) is 0 Å². The maximum absolute atomic E-state index is 13.4. The normalized spacial score (nSPS) is 16.4. The maximum Gasteiger partial charge on any atom is 0.224 e. The minimum atomic E-state index is -1.56. The first-order valence-corrected chi connectivity index (χ1v) is 6.51. The number of amides is 1. The molecule has 0 spiro atoms. The van der Waals surface area contributed by atoms with Crippen LogP contribution < -0.4 is 5.32 Å². The lowest BCUT2D eigenvalue weighted by Gasteiger charge is -2.20. The number of hydrogen-bond donors (Lipinski definition) is 1. The quantitative estimate of drug-likeness (QED) is 0.827. The van der Waals surface area contributed by atoms with Crippen molar-refractivity contribution in [3.8, 4) is 0 Å². The molecule has 104 valence electrons. The topological polar surface area (TPSA) is 29.1 Å². The van der Waals surface area contributed by atoms with Gasteiger partial charge in [0.1, 0.15) is 0 Å². The van der Waals surface area contributed by atoms with Crippen LogP contribution in [0.2, 0.25) is 0 Å². The van der Waals surface area contributed by atoms with E-state index in [4.69, 9.17) is 0 Å². The number of rotatable bonds is 3. The van der Waals surface area contributed by atoms with Gasteiger partial charge in [-0.1, -0.05) is 19.3 Å². The van der Waals surface area contributed by atoms with Crippen LogP contribution in [0, 0.1) is 23.4 Å². The molecular formula is C14H16F3NO. The Morgan fingerprint density at radius 2 is 1.79 bits per heavy atom. The summed E-state index contributed by atoms with van der Waals surface area (Å²) in [4.78, 5) is 11.7. The number of carbonyl (C=O) groups excluding carboxylic acids is 1. The van der Waals surface area contributed by atoms with Crippen molar-refractivity contribution in [1.29, 1.82) is 0 Å². The summed E-state index contributed by atoms with van der Waals surface area (Å²) in [5.74, 6) is -4.21. The molecule has 0 bridgehead atoms. The molecule has 0 unspecified atom stereocenters. The molecule has 2 nitrogen and oxygen atoms in total. The van der Waals surface area contributed by atoms with E-state index in [1.165, 1.54) is 6.42 Å². The lowest BCUT2D eigenvalue weighted by atomic mass is 9.87. The van der Waals surface area contributed by atoms with Crippen molar-refractivity contribution in [3.63, 3.8) is 0 Å². The summed E-state index contributed by atoms with van der Waals surface area (Å²) in [6.07, 6.45) is 5.70. The molecule has 0 aromatic heterocycles. The second kappa shape index (κ2) is 6.08. The zero-order valence-corrected chi connectivity index (χ0v) is 10.5. The lowest BCUT2D eigenvalue weighted by molar-refractivity contribution is -0.117. The SMILES string of the molecule is O=C(CC1CCCCC1)Nc1ccc(F)c(F)c1F. The zero-order chi connectivity index (χ0) is 13.8. The summed E-state index contributed by atoms with van der Waals surface area (Å²) in [5, 5.41) is 2.30. The van der Waals surface area contributed by atoms with Crippen molar-refractivity contribution in [3.05, 3.63) is 29.6 Å². The van der Waals surface area contributed by atoms with E-state index in [-0.39, 0.29) is 11.6 Å². The van der Waals surface area contributed by atoms with Gasteiger partial charge in [0.05, 0.1) is 5.69 Å². The van der Waals surface area contributed by atoms with Gasteiger partial charge >= 0.3 is 0 Å². The Bertz CT molecular complexity index is 470. The highest BCUT2D eigenvalue weighted by Gasteiger charge is 2.19. The fourth-order valence-corrected chi connectivity index (χ4v) is 2.48. The third-order valence-corrected chi connectivity index (χ3v) is 3.51. The van der Waals surface area contributed by atoms with Crippen molar-refractivity contribution >= 4 is 11.6 Å². The van der Waals surface area contributed by atoms with Gasteiger partial charge in [-0.05, 0) is 30.9 Å². The van der Waals surface area contributed by atoms with E-state index in [9.17, 15) is 18.0 Å². The molecule has 1 saturated carbocycles. The molecule has 2 rings (SSSR count). The zero-order valence-electron chi connectivity index (χ0n) is 10.5. The standard InChI is InChI=1S/C14H16F3NO/c15-10-6-7-11(14(17)13(10)16)18-12(19)8-9-4-2-1-3-5-9/h6-7,9H,1-5,8H2,(H,18,19). The molecule has 0 aliphatic heterocycles. The van der Waals surface area contributed by atoms with Crippen molar-refractivity contribution in [2.45, 2.75) is 38.5 Å². The van der Waals surface area contributed by atoms with E-state index in [2.05, 4.69) is 5.32 Å². The minimum Gasteiger partial charge on any atom is -0.323 e. The lowest BCUT2D eigenvalue weighted by Crippen LogP contribution is -2.19. The average molecular weight is 271 g/mol. The summed E-state index contributed by atoms with van der Waals surface area (Å²) in [5.41, 5.74) is -0.306. The van der Waals surface area contributed by atoms with E-state index in [0.717, 1.165) is 37.8 Å². The Hall–Kier alpha value is -1.52. The summed E-state index contributed by atoms with van der Waals surface area (Å²) < 4.78 is 39.1. The number of anilines is 1. The largest absolute Gasteiger partial charge is 0.323 e. The Morgan fingerprint density at radius 1 is 1.11 bits per heavy atom. The monoisotopic (exact) mass is 271 g/mol. The van der Waals surface area contributed by atoms with E-state index < -0.39 is 17.5 Å². The third-order valence-electron chi connectivity index (χ3n) is 3.51. The molecule has 0 radical (unpaired) electrons. The third kappa shape index (κ3) is 3.49. The summed E-state index contributed by atoms with van der Waals surface area (Å²) in [7, 11) is 0. The Morgan fingerprint density at radius 3 is 2.47 bits per heavy atom.